The minimum absolute atomic E-state index is 0.0618. The number of fused-ring (bicyclic) bond motifs is 2. The summed E-state index contributed by atoms with van der Waals surface area (Å²) in [5.74, 6) is 0.970. The molecular weight excluding hydrogens is 596 g/mol. The van der Waals surface area contributed by atoms with Gasteiger partial charge in [-0.3, -0.25) is 14.2 Å². The standard InChI is InChI=1S/C34H26N10O3/c35-31-25(4-1-11-36-31)32-41-30-27(42-14-2-12-37-42)18-29(43-15-3-13-38-43)40-33(30)44(32)23-7-8-24-20(17-23)5-9-26(24)39-34(47)21-6-10-28(46)22(16-21)19-45/h1-4,6-8,10-19,26,46H,5,9H2,(H2,35,36)(H,39,47). The van der Waals surface area contributed by atoms with Gasteiger partial charge >= 0.3 is 0 Å². The first-order valence-electron chi connectivity index (χ1n) is 14.8. The zero-order chi connectivity index (χ0) is 32.1. The molecule has 1 aliphatic rings. The van der Waals surface area contributed by atoms with E-state index in [1.165, 1.54) is 18.2 Å². The van der Waals surface area contributed by atoms with E-state index in [9.17, 15) is 14.7 Å². The molecule has 47 heavy (non-hydrogen) atoms. The number of amides is 1. The monoisotopic (exact) mass is 622 g/mol. The average molecular weight is 623 g/mol. The number of aryl methyl sites for hydroxylation is 1. The van der Waals surface area contributed by atoms with E-state index in [-0.39, 0.29) is 23.3 Å². The smallest absolute Gasteiger partial charge is 0.251 e. The number of pyridine rings is 2. The Balaban J connectivity index is 1.26. The van der Waals surface area contributed by atoms with Gasteiger partial charge in [0.15, 0.2) is 23.6 Å². The van der Waals surface area contributed by atoms with E-state index in [1.54, 1.807) is 28.0 Å². The first-order valence-corrected chi connectivity index (χ1v) is 14.8. The SMILES string of the molecule is Nc1ncccc1-c1nc2c(-n3cccn3)cc(-n3cccn3)nc2n1-c1ccc2c(c1)CCC2NC(=O)c1ccc(O)c(C=O)c1. The predicted molar refractivity (Wildman–Crippen MR) is 173 cm³/mol. The molecule has 8 rings (SSSR count). The van der Waals surface area contributed by atoms with Gasteiger partial charge in [0, 0.05) is 48.3 Å². The third-order valence-corrected chi connectivity index (χ3v) is 8.34. The Labute approximate surface area is 267 Å². The number of benzene rings is 2. The second-order valence-electron chi connectivity index (χ2n) is 11.1. The van der Waals surface area contributed by atoms with Gasteiger partial charge in [-0.1, -0.05) is 6.07 Å². The molecule has 0 fully saturated rings. The molecular formula is C34H26N10O3. The van der Waals surface area contributed by atoms with Crippen molar-refractivity contribution in [2.45, 2.75) is 18.9 Å². The summed E-state index contributed by atoms with van der Waals surface area (Å²) in [6, 6.07) is 19.3. The van der Waals surface area contributed by atoms with Crippen molar-refractivity contribution < 1.29 is 14.7 Å². The molecule has 0 radical (unpaired) electrons. The summed E-state index contributed by atoms with van der Waals surface area (Å²) in [6.45, 7) is 0. The first kappa shape index (κ1) is 27.9. The summed E-state index contributed by atoms with van der Waals surface area (Å²) in [5.41, 5.74) is 12.2. The molecule has 13 heteroatoms. The molecule has 1 amide bonds. The number of aldehydes is 1. The number of carbonyl (C=O) groups excluding carboxylic acids is 2. The van der Waals surface area contributed by atoms with Crippen molar-refractivity contribution in [1.29, 1.82) is 0 Å². The van der Waals surface area contributed by atoms with Crippen LogP contribution in [0.25, 0.3) is 39.7 Å². The van der Waals surface area contributed by atoms with Crippen LogP contribution in [-0.4, -0.2) is 56.4 Å². The number of nitrogens with zero attached hydrogens (tertiary/aromatic N) is 8. The van der Waals surface area contributed by atoms with Crippen LogP contribution in [0.5, 0.6) is 5.75 Å². The number of nitrogen functional groups attached to an aromatic ring is 1. The molecule has 1 atom stereocenters. The Bertz CT molecular complexity index is 2310. The topological polar surface area (TPSA) is 172 Å². The Morgan fingerprint density at radius 3 is 2.55 bits per heavy atom. The summed E-state index contributed by atoms with van der Waals surface area (Å²) < 4.78 is 5.39. The number of nitrogens with two attached hydrogens (primary N) is 1. The van der Waals surface area contributed by atoms with Crippen molar-refractivity contribution in [2.24, 2.45) is 0 Å². The van der Waals surface area contributed by atoms with Gasteiger partial charge in [0.05, 0.1) is 22.9 Å². The second kappa shape index (κ2) is 11.1. The molecule has 5 aromatic heterocycles. The Kier molecular flexibility index (Phi) is 6.57. The zero-order valence-corrected chi connectivity index (χ0v) is 24.7. The van der Waals surface area contributed by atoms with E-state index in [0.29, 0.717) is 58.1 Å². The number of carbonyl (C=O) groups is 2. The Hall–Kier alpha value is -6.63. The van der Waals surface area contributed by atoms with Crippen LogP contribution >= 0.6 is 0 Å². The van der Waals surface area contributed by atoms with Crippen LogP contribution in [0.2, 0.25) is 0 Å². The van der Waals surface area contributed by atoms with Crippen LogP contribution < -0.4 is 11.1 Å². The molecule has 1 aliphatic carbocycles. The number of rotatable bonds is 7. The Morgan fingerprint density at radius 2 is 1.79 bits per heavy atom. The summed E-state index contributed by atoms with van der Waals surface area (Å²) in [4.78, 5) is 38.9. The lowest BCUT2D eigenvalue weighted by Gasteiger charge is -2.16. The van der Waals surface area contributed by atoms with E-state index >= 15 is 0 Å². The fourth-order valence-corrected chi connectivity index (χ4v) is 6.08. The third kappa shape index (κ3) is 4.77. The van der Waals surface area contributed by atoms with Gasteiger partial charge in [-0.25, -0.2) is 24.3 Å². The largest absolute Gasteiger partial charge is 0.507 e. The minimum Gasteiger partial charge on any atom is -0.507 e. The van der Waals surface area contributed by atoms with E-state index < -0.39 is 0 Å². The van der Waals surface area contributed by atoms with E-state index in [4.69, 9.17) is 15.7 Å². The number of phenols is 1. The molecule has 0 aliphatic heterocycles. The van der Waals surface area contributed by atoms with Crippen LogP contribution in [0.3, 0.4) is 0 Å². The fraction of sp³-hybridized carbons (Fsp3) is 0.0882. The van der Waals surface area contributed by atoms with Crippen molar-refractivity contribution in [1.82, 2.24) is 44.4 Å². The van der Waals surface area contributed by atoms with Crippen LogP contribution in [0.15, 0.2) is 97.7 Å². The maximum atomic E-state index is 13.1. The van der Waals surface area contributed by atoms with Gasteiger partial charge in [0.1, 0.15) is 17.1 Å². The van der Waals surface area contributed by atoms with Gasteiger partial charge in [0.2, 0.25) is 0 Å². The second-order valence-corrected chi connectivity index (χ2v) is 11.1. The number of nitrogens with one attached hydrogen (secondary N) is 1. The molecule has 1 unspecified atom stereocenters. The van der Waals surface area contributed by atoms with Crippen LogP contribution in [0.4, 0.5) is 5.82 Å². The van der Waals surface area contributed by atoms with Gasteiger partial charge in [-0.2, -0.15) is 10.2 Å². The predicted octanol–water partition coefficient (Wildman–Crippen LogP) is 4.37. The number of aromatic nitrogens is 8. The normalized spacial score (nSPS) is 13.9. The number of hydrogen-bond donors (Lipinski definition) is 3. The van der Waals surface area contributed by atoms with Crippen molar-refractivity contribution >= 4 is 29.2 Å². The quantitative estimate of drug-likeness (QED) is 0.218. The molecule has 5 heterocycles. The molecule has 4 N–H and O–H groups in total. The average Bonchev–Trinajstić information content (AvgIpc) is 3.92. The number of aromatic hydroxyl groups is 1. The lowest BCUT2D eigenvalue weighted by Crippen LogP contribution is -2.27. The number of phenolic OH excluding ortho intramolecular Hbond substituents is 1. The zero-order valence-electron chi connectivity index (χ0n) is 24.7. The Morgan fingerprint density at radius 1 is 0.957 bits per heavy atom. The maximum absolute atomic E-state index is 13.1. The van der Waals surface area contributed by atoms with Gasteiger partial charge < -0.3 is 16.2 Å². The highest BCUT2D eigenvalue weighted by Crippen LogP contribution is 2.37. The van der Waals surface area contributed by atoms with Crippen molar-refractivity contribution in [2.75, 3.05) is 5.73 Å². The highest BCUT2D eigenvalue weighted by atomic mass is 16.3. The lowest BCUT2D eigenvalue weighted by atomic mass is 10.1. The van der Waals surface area contributed by atoms with Gasteiger partial charge in [-0.05, 0) is 78.6 Å². The van der Waals surface area contributed by atoms with Crippen LogP contribution in [-0.2, 0) is 6.42 Å². The molecule has 13 nitrogen and oxygen atoms in total. The molecule has 0 saturated heterocycles. The first-order chi connectivity index (χ1) is 23.0. The fourth-order valence-electron chi connectivity index (χ4n) is 6.08. The van der Waals surface area contributed by atoms with Crippen LogP contribution in [0, 0.1) is 0 Å². The van der Waals surface area contributed by atoms with Crippen LogP contribution in [0.1, 0.15) is 44.3 Å². The third-order valence-electron chi connectivity index (χ3n) is 8.34. The van der Waals surface area contributed by atoms with E-state index in [0.717, 1.165) is 23.2 Å². The summed E-state index contributed by atoms with van der Waals surface area (Å²) >= 11 is 0. The molecule has 0 saturated carbocycles. The van der Waals surface area contributed by atoms with Gasteiger partial charge in [-0.15, -0.1) is 0 Å². The summed E-state index contributed by atoms with van der Waals surface area (Å²) in [5, 5.41) is 21.8. The van der Waals surface area contributed by atoms with Crippen molar-refractivity contribution in [3.63, 3.8) is 0 Å². The van der Waals surface area contributed by atoms with E-state index in [2.05, 4.69) is 26.6 Å². The molecule has 0 spiro atoms. The maximum Gasteiger partial charge on any atom is 0.251 e. The molecule has 2 aromatic carbocycles. The van der Waals surface area contributed by atoms with Gasteiger partial charge in [0.25, 0.3) is 5.91 Å². The van der Waals surface area contributed by atoms with Crippen molar-refractivity contribution in [3.8, 4) is 34.3 Å². The summed E-state index contributed by atoms with van der Waals surface area (Å²) in [7, 11) is 0. The summed E-state index contributed by atoms with van der Waals surface area (Å²) in [6.07, 6.45) is 10.6. The molecule has 0 bridgehead atoms. The number of imidazole rings is 1. The lowest BCUT2D eigenvalue weighted by molar-refractivity contribution is 0.0936. The highest BCUT2D eigenvalue weighted by molar-refractivity contribution is 5.97. The molecule has 230 valence electrons. The molecule has 7 aromatic rings. The highest BCUT2D eigenvalue weighted by Gasteiger charge is 2.27. The van der Waals surface area contributed by atoms with Crippen molar-refractivity contribution in [3.05, 3.63) is 120 Å². The number of hydrogen-bond acceptors (Lipinski definition) is 9. The minimum atomic E-state index is -0.327. The van der Waals surface area contributed by atoms with E-state index in [1.807, 2.05) is 59.4 Å². The number of anilines is 1.